The molecule has 0 spiro atoms. The van der Waals surface area contributed by atoms with Crippen LogP contribution in [0.25, 0.3) is 0 Å². The zero-order chi connectivity index (χ0) is 16.4. The van der Waals surface area contributed by atoms with Crippen molar-refractivity contribution in [1.82, 2.24) is 0 Å². The van der Waals surface area contributed by atoms with Gasteiger partial charge in [-0.25, -0.2) is 13.2 Å². The van der Waals surface area contributed by atoms with Crippen LogP contribution in [0.4, 0.5) is 23.9 Å². The van der Waals surface area contributed by atoms with Crippen LogP contribution in [0.15, 0.2) is 4.90 Å². The molecule has 6 nitrogen and oxygen atoms in total. The maximum Gasteiger partial charge on any atom is 0.390 e. The van der Waals surface area contributed by atoms with Gasteiger partial charge < -0.3 is 15.8 Å². The number of nitrogens with one attached hydrogen (secondary N) is 1. The van der Waals surface area contributed by atoms with E-state index in [1.165, 1.54) is 0 Å². The molecule has 0 atom stereocenters. The van der Waals surface area contributed by atoms with Crippen LogP contribution in [0.2, 0.25) is 0 Å². The molecule has 0 aliphatic heterocycles. The molecule has 120 valence electrons. The molecule has 0 aliphatic carbocycles. The molecule has 1 heterocycles. The van der Waals surface area contributed by atoms with Crippen molar-refractivity contribution in [3.63, 3.8) is 0 Å². The van der Waals surface area contributed by atoms with E-state index in [4.69, 9.17) is 5.73 Å². The molecule has 1 aromatic heterocycles. The minimum Gasteiger partial charge on any atom is -0.465 e. The zero-order valence-corrected chi connectivity index (χ0v) is 12.7. The molecule has 0 radical (unpaired) electrons. The van der Waals surface area contributed by atoms with Gasteiger partial charge in [-0.1, -0.05) is 0 Å². The summed E-state index contributed by atoms with van der Waals surface area (Å²) >= 11 is 0.639. The minimum atomic E-state index is -4.38. The number of rotatable bonds is 5. The number of nitrogen functional groups attached to an aromatic ring is 1. The van der Waals surface area contributed by atoms with Crippen LogP contribution in [-0.2, 0) is 14.6 Å². The lowest BCUT2D eigenvalue weighted by Crippen LogP contribution is -2.15. The van der Waals surface area contributed by atoms with Crippen molar-refractivity contribution in [2.24, 2.45) is 0 Å². The molecule has 21 heavy (non-hydrogen) atoms. The molecule has 0 aromatic carbocycles. The highest BCUT2D eigenvalue weighted by Gasteiger charge is 2.29. The summed E-state index contributed by atoms with van der Waals surface area (Å²) in [5.74, 6) is -0.855. The van der Waals surface area contributed by atoms with Crippen LogP contribution in [0.5, 0.6) is 0 Å². The molecule has 1 aromatic rings. The summed E-state index contributed by atoms with van der Waals surface area (Å²) in [6.45, 7) is -0.535. The Morgan fingerprint density at radius 1 is 1.43 bits per heavy atom. The number of carbonyl (C=O) groups is 1. The monoisotopic (exact) mass is 346 g/mol. The Morgan fingerprint density at radius 2 is 2.00 bits per heavy atom. The van der Waals surface area contributed by atoms with E-state index in [0.717, 1.165) is 13.4 Å². The van der Waals surface area contributed by atoms with Gasteiger partial charge in [-0.3, -0.25) is 0 Å². The standard InChI is InChI=1S/C10H13F3N2O4S2/c1-19-9(16)6-5(14)7(21(2,17)18)8(20-6)15-4-3-10(11,12)13/h15H,3-4,14H2,1-2H3. The smallest absolute Gasteiger partial charge is 0.390 e. The highest BCUT2D eigenvalue weighted by molar-refractivity contribution is 7.91. The van der Waals surface area contributed by atoms with Crippen molar-refractivity contribution in [3.8, 4) is 0 Å². The van der Waals surface area contributed by atoms with E-state index < -0.39 is 39.8 Å². The predicted octanol–water partition coefficient (Wildman–Crippen LogP) is 1.88. The van der Waals surface area contributed by atoms with Gasteiger partial charge in [-0.15, -0.1) is 11.3 Å². The maximum absolute atomic E-state index is 12.1. The Hall–Kier alpha value is -1.49. The average Bonchev–Trinajstić information content (AvgIpc) is 2.63. The second kappa shape index (κ2) is 6.10. The Balaban J connectivity index is 3.16. The molecular weight excluding hydrogens is 333 g/mol. The van der Waals surface area contributed by atoms with Crippen LogP contribution < -0.4 is 11.1 Å². The number of nitrogens with two attached hydrogens (primary N) is 1. The summed E-state index contributed by atoms with van der Waals surface area (Å²) in [4.78, 5) is 10.9. The molecule has 0 fully saturated rings. The molecule has 0 amide bonds. The minimum absolute atomic E-state index is 0.111. The summed E-state index contributed by atoms with van der Waals surface area (Å²) in [5.41, 5.74) is 5.26. The van der Waals surface area contributed by atoms with Gasteiger partial charge in [0.15, 0.2) is 9.84 Å². The second-order valence-electron chi connectivity index (χ2n) is 4.06. The lowest BCUT2D eigenvalue weighted by Gasteiger charge is -2.08. The number of sulfone groups is 1. The molecular formula is C10H13F3N2O4S2. The quantitative estimate of drug-likeness (QED) is 0.790. The average molecular weight is 346 g/mol. The van der Waals surface area contributed by atoms with Crippen molar-refractivity contribution in [3.05, 3.63) is 4.88 Å². The van der Waals surface area contributed by atoms with E-state index in [1.807, 2.05) is 0 Å². The molecule has 3 N–H and O–H groups in total. The third-order valence-corrected chi connectivity index (χ3v) is 4.77. The number of ether oxygens (including phenoxy) is 1. The summed E-state index contributed by atoms with van der Waals surface area (Å²) in [5, 5.41) is 2.24. The van der Waals surface area contributed by atoms with Gasteiger partial charge in [-0.05, 0) is 0 Å². The summed E-state index contributed by atoms with van der Waals surface area (Å²) in [7, 11) is -2.74. The van der Waals surface area contributed by atoms with Gasteiger partial charge in [0.1, 0.15) is 14.8 Å². The van der Waals surface area contributed by atoms with Gasteiger partial charge in [0, 0.05) is 12.8 Å². The zero-order valence-electron chi connectivity index (χ0n) is 11.1. The molecule has 0 saturated heterocycles. The van der Waals surface area contributed by atoms with Gasteiger partial charge in [0.25, 0.3) is 0 Å². The highest BCUT2D eigenvalue weighted by Crippen LogP contribution is 2.39. The third-order valence-electron chi connectivity index (χ3n) is 2.34. The molecule has 0 unspecified atom stereocenters. The van der Waals surface area contributed by atoms with Crippen molar-refractivity contribution in [2.45, 2.75) is 17.5 Å². The van der Waals surface area contributed by atoms with Crippen molar-refractivity contribution in [2.75, 3.05) is 31.0 Å². The van der Waals surface area contributed by atoms with E-state index >= 15 is 0 Å². The van der Waals surface area contributed by atoms with E-state index in [-0.39, 0.29) is 15.6 Å². The van der Waals surface area contributed by atoms with Crippen molar-refractivity contribution in [1.29, 1.82) is 0 Å². The number of carbonyl (C=O) groups excluding carboxylic acids is 1. The van der Waals surface area contributed by atoms with Crippen molar-refractivity contribution < 1.29 is 31.1 Å². The Morgan fingerprint density at radius 3 is 2.43 bits per heavy atom. The third kappa shape index (κ3) is 4.49. The number of anilines is 2. The van der Waals surface area contributed by atoms with Crippen LogP contribution >= 0.6 is 11.3 Å². The first-order valence-electron chi connectivity index (χ1n) is 5.48. The Labute approximate surface area is 123 Å². The molecule has 11 heteroatoms. The van der Waals surface area contributed by atoms with Gasteiger partial charge in [-0.2, -0.15) is 13.2 Å². The number of esters is 1. The van der Waals surface area contributed by atoms with Crippen molar-refractivity contribution >= 4 is 37.8 Å². The number of halogens is 3. The summed E-state index contributed by atoms with van der Waals surface area (Å²) < 4.78 is 64.1. The first-order chi connectivity index (χ1) is 9.47. The van der Waals surface area contributed by atoms with Crippen LogP contribution in [-0.4, -0.2) is 40.5 Å². The summed E-state index contributed by atoms with van der Waals surface area (Å²) in [6, 6.07) is 0. The predicted molar refractivity (Wildman–Crippen MR) is 72.3 cm³/mol. The first-order valence-corrected chi connectivity index (χ1v) is 8.19. The molecule has 0 bridgehead atoms. The first kappa shape index (κ1) is 17.6. The van der Waals surface area contributed by atoms with Crippen LogP contribution in [0.1, 0.15) is 16.1 Å². The maximum atomic E-state index is 12.1. The number of alkyl halides is 3. The van der Waals surface area contributed by atoms with Gasteiger partial charge in [0.05, 0.1) is 19.2 Å². The number of thiophene rings is 1. The molecule has 1 rings (SSSR count). The fourth-order valence-electron chi connectivity index (χ4n) is 1.48. The Bertz CT molecular complexity index is 637. The fourth-order valence-corrected chi connectivity index (χ4v) is 3.99. The summed E-state index contributed by atoms with van der Waals surface area (Å²) in [6.07, 6.45) is -4.69. The highest BCUT2D eigenvalue weighted by atomic mass is 32.2. The number of methoxy groups -OCH3 is 1. The van der Waals surface area contributed by atoms with E-state index in [0.29, 0.717) is 11.3 Å². The number of hydrogen-bond donors (Lipinski definition) is 2. The second-order valence-corrected chi connectivity index (χ2v) is 7.03. The molecule has 0 saturated carbocycles. The fraction of sp³-hybridized carbons (Fsp3) is 0.500. The molecule has 0 aliphatic rings. The lowest BCUT2D eigenvalue weighted by molar-refractivity contribution is -0.131. The largest absolute Gasteiger partial charge is 0.465 e. The lowest BCUT2D eigenvalue weighted by atomic mass is 10.4. The van der Waals surface area contributed by atoms with Gasteiger partial charge in [0.2, 0.25) is 0 Å². The van der Waals surface area contributed by atoms with Crippen LogP contribution in [0.3, 0.4) is 0 Å². The topological polar surface area (TPSA) is 98.5 Å². The Kier molecular flexibility index (Phi) is 5.10. The van der Waals surface area contributed by atoms with Crippen LogP contribution in [0, 0.1) is 0 Å². The normalized spacial score (nSPS) is 12.2. The number of hydrogen-bond acceptors (Lipinski definition) is 7. The van der Waals surface area contributed by atoms with E-state index in [2.05, 4.69) is 10.1 Å². The van der Waals surface area contributed by atoms with E-state index in [1.54, 1.807) is 0 Å². The van der Waals surface area contributed by atoms with Gasteiger partial charge >= 0.3 is 12.1 Å². The van der Waals surface area contributed by atoms with E-state index in [9.17, 15) is 26.4 Å². The SMILES string of the molecule is COC(=O)c1sc(NCCC(F)(F)F)c(S(C)(=O)=O)c1N.